The summed E-state index contributed by atoms with van der Waals surface area (Å²) in [6, 6.07) is 8.79. The summed E-state index contributed by atoms with van der Waals surface area (Å²) in [5, 5.41) is 15.3. The highest BCUT2D eigenvalue weighted by atomic mass is 16.3. The van der Waals surface area contributed by atoms with E-state index in [0.717, 1.165) is 13.0 Å². The zero-order valence-electron chi connectivity index (χ0n) is 15.3. The van der Waals surface area contributed by atoms with Crippen LogP contribution < -0.4 is 15.5 Å². The molecule has 1 heterocycles. The van der Waals surface area contributed by atoms with Crippen molar-refractivity contribution in [2.24, 2.45) is 5.41 Å². The van der Waals surface area contributed by atoms with Crippen molar-refractivity contribution in [1.29, 1.82) is 0 Å². The van der Waals surface area contributed by atoms with Crippen LogP contribution in [0.25, 0.3) is 0 Å². The molecular weight excluding hydrogens is 302 g/mol. The van der Waals surface area contributed by atoms with Crippen LogP contribution in [0.4, 0.5) is 10.5 Å². The first kappa shape index (κ1) is 18.6. The fraction of sp³-hybridized carbons (Fsp3) is 0.632. The zero-order chi connectivity index (χ0) is 17.7. The molecule has 1 aliphatic rings. The summed E-state index contributed by atoms with van der Waals surface area (Å²) in [5.74, 6) is 0. The summed E-state index contributed by atoms with van der Waals surface area (Å²) in [4.78, 5) is 14.3. The van der Waals surface area contributed by atoms with E-state index in [4.69, 9.17) is 0 Å². The standard InChI is InChI=1S/C19H31N3O2/c1-14-11-16-7-5-6-8-17(16)22(14)10-9-20-18(24)21-13-19(3,4)12-15(2)23/h5-8,14-15,23H,9-13H2,1-4H3,(H2,20,21,24). The van der Waals surface area contributed by atoms with Crippen molar-refractivity contribution in [3.8, 4) is 0 Å². The summed E-state index contributed by atoms with van der Waals surface area (Å²) in [7, 11) is 0. The number of amides is 2. The van der Waals surface area contributed by atoms with Crippen molar-refractivity contribution in [3.05, 3.63) is 29.8 Å². The fourth-order valence-corrected chi connectivity index (χ4v) is 3.51. The molecule has 0 saturated carbocycles. The van der Waals surface area contributed by atoms with Gasteiger partial charge in [0.25, 0.3) is 0 Å². The number of nitrogens with one attached hydrogen (secondary N) is 2. The molecule has 0 radical (unpaired) electrons. The minimum Gasteiger partial charge on any atom is -0.393 e. The Morgan fingerprint density at radius 3 is 2.79 bits per heavy atom. The number of aliphatic hydroxyl groups excluding tert-OH is 1. The molecule has 5 nitrogen and oxygen atoms in total. The SMILES string of the molecule is CC(O)CC(C)(C)CNC(=O)NCCN1c2ccccc2CC1C. The van der Waals surface area contributed by atoms with Crippen LogP contribution in [0.3, 0.4) is 0 Å². The first-order chi connectivity index (χ1) is 11.3. The summed E-state index contributed by atoms with van der Waals surface area (Å²) in [6.07, 6.45) is 1.37. The third kappa shape index (κ3) is 5.13. The Morgan fingerprint density at radius 1 is 1.38 bits per heavy atom. The monoisotopic (exact) mass is 333 g/mol. The predicted molar refractivity (Wildman–Crippen MR) is 98.4 cm³/mol. The largest absolute Gasteiger partial charge is 0.393 e. The van der Waals surface area contributed by atoms with E-state index < -0.39 is 0 Å². The second kappa shape index (κ2) is 7.88. The second-order valence-corrected chi connectivity index (χ2v) is 7.70. The number of rotatable bonds is 7. The Labute approximate surface area is 145 Å². The number of carbonyl (C=O) groups is 1. The molecule has 2 atom stereocenters. The van der Waals surface area contributed by atoms with E-state index in [1.54, 1.807) is 6.92 Å². The van der Waals surface area contributed by atoms with Crippen LogP contribution in [0.15, 0.2) is 24.3 Å². The number of benzene rings is 1. The Hall–Kier alpha value is -1.75. The van der Waals surface area contributed by atoms with E-state index in [0.29, 0.717) is 25.6 Å². The molecule has 1 aromatic carbocycles. The molecule has 0 saturated heterocycles. The van der Waals surface area contributed by atoms with Crippen LogP contribution in [-0.2, 0) is 6.42 Å². The lowest BCUT2D eigenvalue weighted by Crippen LogP contribution is -2.44. The van der Waals surface area contributed by atoms with Gasteiger partial charge < -0.3 is 20.6 Å². The van der Waals surface area contributed by atoms with Gasteiger partial charge in [0.05, 0.1) is 6.10 Å². The molecular formula is C19H31N3O2. The maximum Gasteiger partial charge on any atom is 0.314 e. The van der Waals surface area contributed by atoms with Gasteiger partial charge in [-0.15, -0.1) is 0 Å². The summed E-state index contributed by atoms with van der Waals surface area (Å²) in [5.41, 5.74) is 2.55. The lowest BCUT2D eigenvalue weighted by atomic mass is 9.87. The van der Waals surface area contributed by atoms with Gasteiger partial charge in [-0.1, -0.05) is 32.0 Å². The highest BCUT2D eigenvalue weighted by Gasteiger charge is 2.25. The highest BCUT2D eigenvalue weighted by molar-refractivity contribution is 5.74. The lowest BCUT2D eigenvalue weighted by molar-refractivity contribution is 0.129. The summed E-state index contributed by atoms with van der Waals surface area (Å²) < 4.78 is 0. The van der Waals surface area contributed by atoms with E-state index in [-0.39, 0.29) is 17.6 Å². The normalized spacial score (nSPS) is 18.2. The third-order valence-corrected chi connectivity index (χ3v) is 4.56. The number of hydrogen-bond donors (Lipinski definition) is 3. The minimum atomic E-state index is -0.360. The molecule has 0 aromatic heterocycles. The van der Waals surface area contributed by atoms with Gasteiger partial charge in [0.1, 0.15) is 0 Å². The zero-order valence-corrected chi connectivity index (χ0v) is 15.3. The highest BCUT2D eigenvalue weighted by Crippen LogP contribution is 2.31. The lowest BCUT2D eigenvalue weighted by Gasteiger charge is -2.27. The first-order valence-corrected chi connectivity index (χ1v) is 8.83. The average molecular weight is 333 g/mol. The van der Waals surface area contributed by atoms with E-state index in [1.807, 2.05) is 13.8 Å². The number of carbonyl (C=O) groups excluding carboxylic acids is 1. The Bertz CT molecular complexity index is 557. The molecule has 2 unspecified atom stereocenters. The molecule has 134 valence electrons. The van der Waals surface area contributed by atoms with Gasteiger partial charge in [0.15, 0.2) is 0 Å². The number of urea groups is 1. The van der Waals surface area contributed by atoms with E-state index >= 15 is 0 Å². The minimum absolute atomic E-state index is 0.117. The molecule has 1 aliphatic heterocycles. The Morgan fingerprint density at radius 2 is 2.08 bits per heavy atom. The maximum absolute atomic E-state index is 12.0. The molecule has 5 heteroatoms. The second-order valence-electron chi connectivity index (χ2n) is 7.70. The molecule has 0 fully saturated rings. The fourth-order valence-electron chi connectivity index (χ4n) is 3.51. The van der Waals surface area contributed by atoms with Gasteiger partial charge in [-0.05, 0) is 43.7 Å². The van der Waals surface area contributed by atoms with Crippen LogP contribution in [0.2, 0.25) is 0 Å². The quantitative estimate of drug-likeness (QED) is 0.718. The topological polar surface area (TPSA) is 64.6 Å². The third-order valence-electron chi connectivity index (χ3n) is 4.56. The van der Waals surface area contributed by atoms with Gasteiger partial charge in [-0.2, -0.15) is 0 Å². The van der Waals surface area contributed by atoms with Gasteiger partial charge in [-0.3, -0.25) is 0 Å². The average Bonchev–Trinajstić information content (AvgIpc) is 2.80. The van der Waals surface area contributed by atoms with Crippen molar-refractivity contribution >= 4 is 11.7 Å². The van der Waals surface area contributed by atoms with Gasteiger partial charge in [0.2, 0.25) is 0 Å². The molecule has 0 aliphatic carbocycles. The van der Waals surface area contributed by atoms with Crippen molar-refractivity contribution < 1.29 is 9.90 Å². The summed E-state index contributed by atoms with van der Waals surface area (Å²) in [6.45, 7) is 10.1. The number of fused-ring (bicyclic) bond motifs is 1. The van der Waals surface area contributed by atoms with Crippen LogP contribution >= 0.6 is 0 Å². The van der Waals surface area contributed by atoms with E-state index in [9.17, 15) is 9.90 Å². The molecule has 0 spiro atoms. The first-order valence-electron chi connectivity index (χ1n) is 8.83. The maximum atomic E-state index is 12.0. The number of para-hydroxylation sites is 1. The van der Waals surface area contributed by atoms with E-state index in [2.05, 4.69) is 46.7 Å². The van der Waals surface area contributed by atoms with Crippen molar-refractivity contribution in [1.82, 2.24) is 10.6 Å². The smallest absolute Gasteiger partial charge is 0.314 e. The van der Waals surface area contributed by atoms with E-state index in [1.165, 1.54) is 11.3 Å². The van der Waals surface area contributed by atoms with Gasteiger partial charge in [-0.25, -0.2) is 4.79 Å². The summed E-state index contributed by atoms with van der Waals surface area (Å²) >= 11 is 0. The molecule has 0 bridgehead atoms. The molecule has 24 heavy (non-hydrogen) atoms. The van der Waals surface area contributed by atoms with Crippen LogP contribution in [-0.4, -0.2) is 42.9 Å². The van der Waals surface area contributed by atoms with Crippen LogP contribution in [0.5, 0.6) is 0 Å². The van der Waals surface area contributed by atoms with Crippen LogP contribution in [0.1, 0.15) is 39.7 Å². The Balaban J connectivity index is 1.73. The van der Waals surface area contributed by atoms with Crippen molar-refractivity contribution in [2.45, 2.75) is 52.7 Å². The molecule has 2 amide bonds. The number of anilines is 1. The number of nitrogens with zero attached hydrogens (tertiary/aromatic N) is 1. The van der Waals surface area contributed by atoms with Crippen molar-refractivity contribution in [3.63, 3.8) is 0 Å². The predicted octanol–water partition coefficient (Wildman–Crippen LogP) is 2.53. The van der Waals surface area contributed by atoms with Crippen molar-refractivity contribution in [2.75, 3.05) is 24.5 Å². The number of hydrogen-bond acceptors (Lipinski definition) is 3. The Kier molecular flexibility index (Phi) is 6.10. The number of aliphatic hydroxyl groups is 1. The molecule has 1 aromatic rings. The van der Waals surface area contributed by atoms with Crippen LogP contribution in [0, 0.1) is 5.41 Å². The van der Waals surface area contributed by atoms with Gasteiger partial charge in [0, 0.05) is 31.4 Å². The van der Waals surface area contributed by atoms with Gasteiger partial charge >= 0.3 is 6.03 Å². The molecule has 2 rings (SSSR count). The molecule has 3 N–H and O–H groups in total.